The summed E-state index contributed by atoms with van der Waals surface area (Å²) in [5.74, 6) is -0.506. The molecule has 0 fully saturated rings. The lowest BCUT2D eigenvalue weighted by molar-refractivity contribution is -0.116. The van der Waals surface area contributed by atoms with Gasteiger partial charge in [0.1, 0.15) is 11.7 Å². The first-order valence-electron chi connectivity index (χ1n) is 7.10. The van der Waals surface area contributed by atoms with Crippen molar-refractivity contribution in [2.45, 2.75) is 32.1 Å². The second-order valence-electron chi connectivity index (χ2n) is 5.58. The molecule has 1 aliphatic heterocycles. The molecule has 1 aromatic carbocycles. The molecule has 4 heteroatoms. The fraction of sp³-hybridized carbons (Fsp3) is 0.353. The van der Waals surface area contributed by atoms with Crippen molar-refractivity contribution in [1.29, 1.82) is 10.7 Å². The molecule has 0 bridgehead atoms. The zero-order valence-electron chi connectivity index (χ0n) is 11.8. The van der Waals surface area contributed by atoms with E-state index < -0.39 is 5.92 Å². The molecule has 0 radical (unpaired) electrons. The van der Waals surface area contributed by atoms with E-state index >= 15 is 0 Å². The lowest BCUT2D eigenvalue weighted by Gasteiger charge is -2.34. The molecule has 1 N–H and O–H groups in total. The molecule has 0 saturated carbocycles. The molecule has 3 rings (SSSR count). The van der Waals surface area contributed by atoms with Crippen LogP contribution >= 0.6 is 0 Å². The number of allylic oxidation sites excluding steroid dienone is 2. The number of nitrogens with one attached hydrogen (secondary N) is 1. The van der Waals surface area contributed by atoms with E-state index in [9.17, 15) is 10.1 Å². The molecule has 2 aliphatic rings. The molecular formula is C17H16N2O2. The first kappa shape index (κ1) is 13.6. The Morgan fingerprint density at radius 1 is 1.38 bits per heavy atom. The molecule has 1 aromatic rings. The van der Waals surface area contributed by atoms with Gasteiger partial charge in [-0.3, -0.25) is 10.2 Å². The van der Waals surface area contributed by atoms with Gasteiger partial charge in [-0.2, -0.15) is 5.26 Å². The fourth-order valence-electron chi connectivity index (χ4n) is 3.16. The summed E-state index contributed by atoms with van der Waals surface area (Å²) in [4.78, 5) is 12.3. The largest absolute Gasteiger partial charge is 0.446 e. The molecular weight excluding hydrogens is 264 g/mol. The van der Waals surface area contributed by atoms with Gasteiger partial charge in [0.25, 0.3) is 0 Å². The summed E-state index contributed by atoms with van der Waals surface area (Å²) in [5.41, 5.74) is 2.60. The number of ketones is 1. The lowest BCUT2D eigenvalue weighted by Crippen LogP contribution is -2.34. The average Bonchev–Trinajstić information content (AvgIpc) is 2.46. The highest BCUT2D eigenvalue weighted by Crippen LogP contribution is 2.43. The van der Waals surface area contributed by atoms with Crippen LogP contribution in [0.2, 0.25) is 0 Å². The number of benzene rings is 1. The van der Waals surface area contributed by atoms with E-state index in [4.69, 9.17) is 10.1 Å². The highest BCUT2D eigenvalue weighted by molar-refractivity contribution is 6.01. The number of rotatable bonds is 1. The first-order valence-corrected chi connectivity index (χ1v) is 7.10. The zero-order chi connectivity index (χ0) is 15.0. The third-order valence-corrected chi connectivity index (χ3v) is 4.11. The maximum atomic E-state index is 12.3. The van der Waals surface area contributed by atoms with Gasteiger partial charge in [0, 0.05) is 24.3 Å². The van der Waals surface area contributed by atoms with E-state index in [2.05, 4.69) is 6.07 Å². The van der Waals surface area contributed by atoms with Gasteiger partial charge in [-0.25, -0.2) is 0 Å². The maximum absolute atomic E-state index is 12.3. The van der Waals surface area contributed by atoms with Gasteiger partial charge in [0.2, 0.25) is 5.90 Å². The standard InChI is InChI=1S/C17H16N2O2/c1-10-4-2-5-11(8-10)15-12(9-18)17(19)21-14-7-3-6-13(20)16(14)15/h2,4-5,8,12,15,19H,3,6-7H2,1H3. The Balaban J connectivity index is 2.18. The minimum Gasteiger partial charge on any atom is -0.446 e. The smallest absolute Gasteiger partial charge is 0.205 e. The summed E-state index contributed by atoms with van der Waals surface area (Å²) >= 11 is 0. The Bertz CT molecular complexity index is 697. The summed E-state index contributed by atoms with van der Waals surface area (Å²) in [6, 6.07) is 9.95. The first-order chi connectivity index (χ1) is 10.1. The van der Waals surface area contributed by atoms with Crippen LogP contribution < -0.4 is 0 Å². The summed E-state index contributed by atoms with van der Waals surface area (Å²) < 4.78 is 5.47. The third-order valence-electron chi connectivity index (χ3n) is 4.11. The summed E-state index contributed by atoms with van der Waals surface area (Å²) in [6.45, 7) is 1.98. The molecule has 1 aliphatic carbocycles. The predicted octanol–water partition coefficient (Wildman–Crippen LogP) is 3.23. The van der Waals surface area contributed by atoms with Gasteiger partial charge in [0.15, 0.2) is 5.78 Å². The second kappa shape index (κ2) is 5.17. The number of hydrogen-bond acceptors (Lipinski definition) is 4. The molecule has 0 saturated heterocycles. The number of carbonyl (C=O) groups is 1. The van der Waals surface area contributed by atoms with Crippen LogP contribution in [-0.2, 0) is 9.53 Å². The average molecular weight is 280 g/mol. The van der Waals surface area contributed by atoms with Crippen molar-refractivity contribution < 1.29 is 9.53 Å². The van der Waals surface area contributed by atoms with Crippen molar-refractivity contribution in [1.82, 2.24) is 0 Å². The van der Waals surface area contributed by atoms with Crippen LogP contribution in [0.5, 0.6) is 0 Å². The molecule has 21 heavy (non-hydrogen) atoms. The van der Waals surface area contributed by atoms with Gasteiger partial charge < -0.3 is 4.74 Å². The number of Topliss-reactive ketones (excluding diaryl/α,β-unsaturated/α-hetero) is 1. The number of nitriles is 1. The predicted molar refractivity (Wildman–Crippen MR) is 77.7 cm³/mol. The van der Waals surface area contributed by atoms with Gasteiger partial charge >= 0.3 is 0 Å². The maximum Gasteiger partial charge on any atom is 0.205 e. The van der Waals surface area contributed by atoms with E-state index in [0.29, 0.717) is 24.2 Å². The minimum absolute atomic E-state index is 0.0440. The van der Waals surface area contributed by atoms with Gasteiger partial charge in [-0.05, 0) is 18.9 Å². The number of carbonyl (C=O) groups excluding carboxylic acids is 1. The number of aryl methyl sites for hydroxylation is 1. The van der Waals surface area contributed by atoms with Crippen LogP contribution in [-0.4, -0.2) is 11.7 Å². The van der Waals surface area contributed by atoms with Crippen LogP contribution in [0.15, 0.2) is 35.6 Å². The van der Waals surface area contributed by atoms with Crippen LogP contribution in [0.25, 0.3) is 0 Å². The van der Waals surface area contributed by atoms with Crippen molar-refractivity contribution in [2.75, 3.05) is 0 Å². The van der Waals surface area contributed by atoms with E-state index in [0.717, 1.165) is 17.5 Å². The van der Waals surface area contributed by atoms with E-state index in [1.165, 1.54) is 0 Å². The van der Waals surface area contributed by atoms with E-state index in [1.54, 1.807) is 0 Å². The normalized spacial score (nSPS) is 25.1. The van der Waals surface area contributed by atoms with Gasteiger partial charge in [0.05, 0.1) is 6.07 Å². The van der Waals surface area contributed by atoms with Crippen LogP contribution in [0, 0.1) is 29.6 Å². The number of hydrogen-bond donors (Lipinski definition) is 1. The molecule has 2 unspecified atom stereocenters. The molecule has 106 valence electrons. The number of nitrogens with zero attached hydrogens (tertiary/aromatic N) is 1. The van der Waals surface area contributed by atoms with Crippen molar-refractivity contribution in [3.05, 3.63) is 46.7 Å². The quantitative estimate of drug-likeness (QED) is 0.858. The van der Waals surface area contributed by atoms with Crippen molar-refractivity contribution >= 4 is 11.7 Å². The fourth-order valence-corrected chi connectivity index (χ4v) is 3.16. The van der Waals surface area contributed by atoms with Crippen LogP contribution in [0.4, 0.5) is 0 Å². The Hall–Kier alpha value is -2.41. The summed E-state index contributed by atoms with van der Waals surface area (Å²) in [5, 5.41) is 17.4. The van der Waals surface area contributed by atoms with Crippen molar-refractivity contribution in [3.63, 3.8) is 0 Å². The minimum atomic E-state index is -0.729. The van der Waals surface area contributed by atoms with Crippen LogP contribution in [0.1, 0.15) is 36.3 Å². The Morgan fingerprint density at radius 3 is 2.90 bits per heavy atom. The summed E-state index contributed by atoms with van der Waals surface area (Å²) in [7, 11) is 0. The monoisotopic (exact) mass is 280 g/mol. The SMILES string of the molecule is Cc1cccc(C2C3=C(CCCC3=O)OC(=N)C2C#N)c1. The Morgan fingerprint density at radius 2 is 2.19 bits per heavy atom. The van der Waals surface area contributed by atoms with E-state index in [-0.39, 0.29) is 17.6 Å². The van der Waals surface area contributed by atoms with Crippen molar-refractivity contribution in [3.8, 4) is 6.07 Å². The van der Waals surface area contributed by atoms with Crippen LogP contribution in [0.3, 0.4) is 0 Å². The second-order valence-corrected chi connectivity index (χ2v) is 5.58. The molecule has 0 spiro atoms. The van der Waals surface area contributed by atoms with Gasteiger partial charge in [-0.1, -0.05) is 29.8 Å². The Labute approximate surface area is 123 Å². The zero-order valence-corrected chi connectivity index (χ0v) is 11.8. The van der Waals surface area contributed by atoms with Gasteiger partial charge in [-0.15, -0.1) is 0 Å². The van der Waals surface area contributed by atoms with Crippen molar-refractivity contribution in [2.24, 2.45) is 5.92 Å². The summed E-state index contributed by atoms with van der Waals surface area (Å²) in [6.07, 6.45) is 1.92. The third kappa shape index (κ3) is 2.25. The highest BCUT2D eigenvalue weighted by Gasteiger charge is 2.42. The molecule has 1 heterocycles. The molecule has 4 nitrogen and oxygen atoms in total. The number of ether oxygens (including phenoxy) is 1. The lowest BCUT2D eigenvalue weighted by atomic mass is 9.74. The van der Waals surface area contributed by atoms with E-state index in [1.807, 2.05) is 31.2 Å². The highest BCUT2D eigenvalue weighted by atomic mass is 16.5. The molecule has 0 aromatic heterocycles. The topological polar surface area (TPSA) is 73.9 Å². The Kier molecular flexibility index (Phi) is 3.34. The molecule has 2 atom stereocenters. The molecule has 0 amide bonds.